The lowest BCUT2D eigenvalue weighted by Gasteiger charge is -2.24. The minimum atomic E-state index is -0.0435. The Balaban J connectivity index is 1.92. The van der Waals surface area contributed by atoms with Gasteiger partial charge in [-0.3, -0.25) is 4.99 Å². The van der Waals surface area contributed by atoms with E-state index in [1.54, 1.807) is 0 Å². The summed E-state index contributed by atoms with van der Waals surface area (Å²) in [5, 5.41) is 11.5. The number of rotatable bonds is 2. The van der Waals surface area contributed by atoms with Gasteiger partial charge in [-0.2, -0.15) is 0 Å². The minimum Gasteiger partial charge on any atom is -0.370 e. The third kappa shape index (κ3) is 3.68. The second-order valence-electron chi connectivity index (χ2n) is 6.28. The second-order valence-corrected chi connectivity index (χ2v) is 6.28. The molecule has 1 aliphatic rings. The Morgan fingerprint density at radius 2 is 2.21 bits per heavy atom. The molecule has 0 amide bonds. The number of aryl methyl sites for hydroxylation is 2. The van der Waals surface area contributed by atoms with E-state index in [1.165, 1.54) is 0 Å². The van der Waals surface area contributed by atoms with Crippen molar-refractivity contribution in [3.63, 3.8) is 0 Å². The van der Waals surface area contributed by atoms with Gasteiger partial charge in [-0.1, -0.05) is 0 Å². The van der Waals surface area contributed by atoms with Crippen LogP contribution in [0.25, 0.3) is 0 Å². The van der Waals surface area contributed by atoms with E-state index in [0.717, 1.165) is 37.6 Å². The molecule has 0 saturated carbocycles. The number of aliphatic imine (C=N–C) groups is 1. The van der Waals surface area contributed by atoms with Gasteiger partial charge >= 0.3 is 0 Å². The summed E-state index contributed by atoms with van der Waals surface area (Å²) in [5.74, 6) is 3.13. The molecule has 19 heavy (non-hydrogen) atoms. The number of nitrogens with zero attached hydrogens (tertiary/aromatic N) is 4. The van der Waals surface area contributed by atoms with Crippen LogP contribution in [0, 0.1) is 12.8 Å². The Morgan fingerprint density at radius 1 is 1.47 bits per heavy atom. The molecule has 1 aromatic rings. The van der Waals surface area contributed by atoms with E-state index in [0.29, 0.717) is 11.9 Å². The quantitative estimate of drug-likeness (QED) is 0.613. The SMILES string of the molecule is Cc1nnc2n1CC(CN=C(N)NC(C)(C)C)CC2. The Hall–Kier alpha value is -1.59. The van der Waals surface area contributed by atoms with Gasteiger partial charge in [0.05, 0.1) is 0 Å². The maximum absolute atomic E-state index is 5.89. The zero-order chi connectivity index (χ0) is 14.0. The van der Waals surface area contributed by atoms with E-state index < -0.39 is 0 Å². The topological polar surface area (TPSA) is 81.1 Å². The molecule has 106 valence electrons. The van der Waals surface area contributed by atoms with Gasteiger partial charge in [0.15, 0.2) is 5.96 Å². The first-order chi connectivity index (χ1) is 8.85. The molecule has 6 nitrogen and oxygen atoms in total. The van der Waals surface area contributed by atoms with E-state index in [9.17, 15) is 0 Å². The molecule has 1 aromatic heterocycles. The van der Waals surface area contributed by atoms with Crippen LogP contribution >= 0.6 is 0 Å². The Kier molecular flexibility index (Phi) is 3.78. The van der Waals surface area contributed by atoms with Crippen LogP contribution in [0.1, 0.15) is 38.8 Å². The molecule has 0 radical (unpaired) electrons. The second kappa shape index (κ2) is 5.19. The van der Waals surface area contributed by atoms with Crippen LogP contribution in [-0.4, -0.2) is 32.8 Å². The smallest absolute Gasteiger partial charge is 0.188 e. The molecule has 2 rings (SSSR count). The average Bonchev–Trinajstić information content (AvgIpc) is 2.66. The maximum atomic E-state index is 5.89. The van der Waals surface area contributed by atoms with Crippen molar-refractivity contribution in [2.24, 2.45) is 16.6 Å². The third-order valence-corrected chi connectivity index (χ3v) is 3.25. The number of nitrogens with one attached hydrogen (secondary N) is 1. The molecular weight excluding hydrogens is 240 g/mol. The summed E-state index contributed by atoms with van der Waals surface area (Å²) in [7, 11) is 0. The number of nitrogens with two attached hydrogens (primary N) is 1. The summed E-state index contributed by atoms with van der Waals surface area (Å²) in [6, 6.07) is 0. The van der Waals surface area contributed by atoms with Gasteiger partial charge in [0.1, 0.15) is 11.6 Å². The van der Waals surface area contributed by atoms with Crippen LogP contribution < -0.4 is 11.1 Å². The zero-order valence-corrected chi connectivity index (χ0v) is 12.3. The summed E-state index contributed by atoms with van der Waals surface area (Å²) >= 11 is 0. The first kappa shape index (κ1) is 13.8. The van der Waals surface area contributed by atoms with Crippen molar-refractivity contribution in [1.29, 1.82) is 0 Å². The van der Waals surface area contributed by atoms with Gasteiger partial charge in [-0.25, -0.2) is 0 Å². The van der Waals surface area contributed by atoms with Crippen molar-refractivity contribution in [3.8, 4) is 0 Å². The molecule has 0 saturated heterocycles. The predicted octanol–water partition coefficient (Wildman–Crippen LogP) is 0.852. The van der Waals surface area contributed by atoms with Crippen LogP contribution in [-0.2, 0) is 13.0 Å². The first-order valence-electron chi connectivity index (χ1n) is 6.82. The van der Waals surface area contributed by atoms with E-state index in [4.69, 9.17) is 5.73 Å². The highest BCUT2D eigenvalue weighted by Crippen LogP contribution is 2.19. The molecule has 3 N–H and O–H groups in total. The molecule has 2 heterocycles. The van der Waals surface area contributed by atoms with Gasteiger partial charge in [0, 0.05) is 25.0 Å². The largest absolute Gasteiger partial charge is 0.370 e. The van der Waals surface area contributed by atoms with Gasteiger partial charge in [-0.05, 0) is 40.0 Å². The molecule has 0 bridgehead atoms. The lowest BCUT2D eigenvalue weighted by Crippen LogP contribution is -2.45. The molecule has 1 aliphatic heterocycles. The Morgan fingerprint density at radius 3 is 2.89 bits per heavy atom. The molecule has 0 spiro atoms. The third-order valence-electron chi connectivity index (χ3n) is 3.25. The molecule has 0 aromatic carbocycles. The van der Waals surface area contributed by atoms with Crippen LogP contribution in [0.5, 0.6) is 0 Å². The summed E-state index contributed by atoms with van der Waals surface area (Å²) < 4.78 is 2.19. The first-order valence-corrected chi connectivity index (χ1v) is 6.82. The molecule has 0 aliphatic carbocycles. The fourth-order valence-corrected chi connectivity index (χ4v) is 2.33. The summed E-state index contributed by atoms with van der Waals surface area (Å²) in [5.41, 5.74) is 5.85. The molecular formula is C13H24N6. The number of guanidine groups is 1. The predicted molar refractivity (Wildman–Crippen MR) is 75.9 cm³/mol. The molecule has 6 heteroatoms. The highest BCUT2D eigenvalue weighted by Gasteiger charge is 2.21. The Bertz CT molecular complexity index is 468. The van der Waals surface area contributed by atoms with E-state index in [-0.39, 0.29) is 5.54 Å². The minimum absolute atomic E-state index is 0.0435. The highest BCUT2D eigenvalue weighted by molar-refractivity contribution is 5.78. The summed E-state index contributed by atoms with van der Waals surface area (Å²) in [6.07, 6.45) is 2.08. The fraction of sp³-hybridized carbons (Fsp3) is 0.769. The summed E-state index contributed by atoms with van der Waals surface area (Å²) in [6.45, 7) is 9.92. The zero-order valence-electron chi connectivity index (χ0n) is 12.3. The molecule has 1 atom stereocenters. The van der Waals surface area contributed by atoms with Gasteiger partial charge in [0.2, 0.25) is 0 Å². The van der Waals surface area contributed by atoms with Gasteiger partial charge in [0.25, 0.3) is 0 Å². The van der Waals surface area contributed by atoms with Crippen LogP contribution in [0.15, 0.2) is 4.99 Å². The van der Waals surface area contributed by atoms with E-state index in [2.05, 4.69) is 45.8 Å². The van der Waals surface area contributed by atoms with Crippen molar-refractivity contribution < 1.29 is 0 Å². The summed E-state index contributed by atoms with van der Waals surface area (Å²) in [4.78, 5) is 4.45. The van der Waals surface area contributed by atoms with Crippen molar-refractivity contribution in [1.82, 2.24) is 20.1 Å². The number of hydrogen-bond donors (Lipinski definition) is 2. The van der Waals surface area contributed by atoms with Crippen molar-refractivity contribution in [3.05, 3.63) is 11.6 Å². The normalized spacial score (nSPS) is 20.2. The monoisotopic (exact) mass is 264 g/mol. The standard InChI is InChI=1S/C13H24N6/c1-9-17-18-11-6-5-10(8-19(9)11)7-15-12(14)16-13(2,3)4/h10H,5-8H2,1-4H3,(H3,14,15,16). The van der Waals surface area contributed by atoms with Gasteiger partial charge in [-0.15, -0.1) is 10.2 Å². The molecule has 1 unspecified atom stereocenters. The lowest BCUT2D eigenvalue weighted by molar-refractivity contribution is 0.369. The van der Waals surface area contributed by atoms with Crippen molar-refractivity contribution in [2.45, 2.75) is 52.6 Å². The fourth-order valence-electron chi connectivity index (χ4n) is 2.33. The number of aromatic nitrogens is 3. The average molecular weight is 264 g/mol. The highest BCUT2D eigenvalue weighted by atomic mass is 15.3. The van der Waals surface area contributed by atoms with Crippen molar-refractivity contribution >= 4 is 5.96 Å². The van der Waals surface area contributed by atoms with E-state index >= 15 is 0 Å². The van der Waals surface area contributed by atoms with Crippen LogP contribution in [0.4, 0.5) is 0 Å². The van der Waals surface area contributed by atoms with Crippen molar-refractivity contribution in [2.75, 3.05) is 6.54 Å². The Labute approximate surface area is 114 Å². The van der Waals surface area contributed by atoms with Crippen LogP contribution in [0.3, 0.4) is 0 Å². The van der Waals surface area contributed by atoms with Crippen LogP contribution in [0.2, 0.25) is 0 Å². The number of hydrogen-bond acceptors (Lipinski definition) is 3. The van der Waals surface area contributed by atoms with E-state index in [1.807, 2.05) is 6.92 Å². The number of fused-ring (bicyclic) bond motifs is 1. The lowest BCUT2D eigenvalue weighted by atomic mass is 9.99. The molecule has 0 fully saturated rings. The van der Waals surface area contributed by atoms with Gasteiger partial charge < -0.3 is 15.6 Å². The maximum Gasteiger partial charge on any atom is 0.188 e.